The first-order valence-electron chi connectivity index (χ1n) is 11.4. The van der Waals surface area contributed by atoms with Gasteiger partial charge in [-0.25, -0.2) is 8.42 Å². The third-order valence-corrected chi connectivity index (χ3v) is 7.18. The molecule has 0 spiro atoms. The van der Waals surface area contributed by atoms with Gasteiger partial charge in [0, 0.05) is 29.4 Å². The van der Waals surface area contributed by atoms with Gasteiger partial charge < -0.3 is 24.4 Å². The van der Waals surface area contributed by atoms with Gasteiger partial charge in [-0.1, -0.05) is 18.2 Å². The highest BCUT2D eigenvalue weighted by molar-refractivity contribution is 7.92. The number of carbonyl (C=O) groups excluding carboxylic acids is 1. The Bertz CT molecular complexity index is 1330. The third-order valence-electron chi connectivity index (χ3n) is 5.80. The van der Waals surface area contributed by atoms with Crippen molar-refractivity contribution in [1.29, 1.82) is 0 Å². The molecular weight excluding hydrogens is 482 g/mol. The van der Waals surface area contributed by atoms with E-state index in [4.69, 9.17) is 14.2 Å². The lowest BCUT2D eigenvalue weighted by Gasteiger charge is -2.26. The molecule has 0 radical (unpaired) electrons. The van der Waals surface area contributed by atoms with Gasteiger partial charge in [-0.15, -0.1) is 0 Å². The summed E-state index contributed by atoms with van der Waals surface area (Å²) in [5.41, 5.74) is 1.71. The Kier molecular flexibility index (Phi) is 7.66. The van der Waals surface area contributed by atoms with Crippen molar-refractivity contribution in [2.24, 2.45) is 0 Å². The molecule has 190 valence electrons. The standard InChI is InChI=1S/C26H29N3O6S/c1-29(2)22(21-6-4-5-7-23(21)33-3)17-27-26(30)18-8-10-19(11-9-18)28-36(31,32)20-12-13-24-25(16-20)35-15-14-34-24/h4-13,16,22,28H,14-15,17H2,1-3H3,(H,27,30)/t22-/m1/s1. The second kappa shape index (κ2) is 10.9. The van der Waals surface area contributed by atoms with E-state index in [9.17, 15) is 13.2 Å². The quantitative estimate of drug-likeness (QED) is 0.454. The molecule has 2 N–H and O–H groups in total. The van der Waals surface area contributed by atoms with Crippen LogP contribution in [0, 0.1) is 0 Å². The van der Waals surface area contributed by atoms with Crippen LogP contribution in [0.25, 0.3) is 0 Å². The second-order valence-corrected chi connectivity index (χ2v) is 10.1. The number of sulfonamides is 1. The van der Waals surface area contributed by atoms with Crippen LogP contribution in [0.2, 0.25) is 0 Å². The number of fused-ring (bicyclic) bond motifs is 1. The summed E-state index contributed by atoms with van der Waals surface area (Å²) in [7, 11) is 1.64. The summed E-state index contributed by atoms with van der Waals surface area (Å²) in [6, 6.07) is 18.3. The van der Waals surface area contributed by atoms with Crippen LogP contribution >= 0.6 is 0 Å². The van der Waals surface area contributed by atoms with Gasteiger partial charge in [0.2, 0.25) is 0 Å². The molecule has 3 aromatic carbocycles. The molecule has 1 aliphatic rings. The van der Waals surface area contributed by atoms with E-state index in [1.165, 1.54) is 12.1 Å². The van der Waals surface area contributed by atoms with Gasteiger partial charge in [0.15, 0.2) is 11.5 Å². The number of nitrogens with zero attached hydrogens (tertiary/aromatic N) is 1. The third kappa shape index (κ3) is 5.72. The Morgan fingerprint density at radius 2 is 1.69 bits per heavy atom. The Labute approximate surface area is 211 Å². The van der Waals surface area contributed by atoms with Gasteiger partial charge in [-0.2, -0.15) is 0 Å². The molecule has 0 fully saturated rings. The lowest BCUT2D eigenvalue weighted by atomic mass is 10.0. The number of para-hydroxylation sites is 1. The van der Waals surface area contributed by atoms with Crippen LogP contribution in [0.3, 0.4) is 0 Å². The molecule has 9 nitrogen and oxygen atoms in total. The van der Waals surface area contributed by atoms with Crippen LogP contribution in [-0.4, -0.2) is 60.2 Å². The number of benzene rings is 3. The van der Waals surface area contributed by atoms with E-state index in [-0.39, 0.29) is 16.8 Å². The Morgan fingerprint density at radius 1 is 1.00 bits per heavy atom. The second-order valence-electron chi connectivity index (χ2n) is 8.42. The van der Waals surface area contributed by atoms with Crippen molar-refractivity contribution in [2.75, 3.05) is 45.7 Å². The fourth-order valence-electron chi connectivity index (χ4n) is 3.90. The van der Waals surface area contributed by atoms with Crippen LogP contribution in [0.15, 0.2) is 71.6 Å². The van der Waals surface area contributed by atoms with E-state index in [0.717, 1.165) is 11.3 Å². The van der Waals surface area contributed by atoms with Crippen molar-refractivity contribution >= 4 is 21.6 Å². The van der Waals surface area contributed by atoms with E-state index in [1.54, 1.807) is 37.4 Å². The topological polar surface area (TPSA) is 106 Å². The Hall–Kier alpha value is -3.76. The summed E-state index contributed by atoms with van der Waals surface area (Å²) in [4.78, 5) is 14.8. The predicted octanol–water partition coefficient (Wildman–Crippen LogP) is 3.30. The number of carbonyl (C=O) groups is 1. The molecule has 0 saturated carbocycles. The molecule has 1 aliphatic heterocycles. The zero-order chi connectivity index (χ0) is 25.7. The highest BCUT2D eigenvalue weighted by Crippen LogP contribution is 2.33. The van der Waals surface area contributed by atoms with Gasteiger partial charge in [-0.05, 0) is 56.6 Å². The van der Waals surface area contributed by atoms with Gasteiger partial charge in [0.05, 0.1) is 18.0 Å². The number of rotatable bonds is 9. The molecule has 1 heterocycles. The first kappa shape index (κ1) is 25.3. The lowest BCUT2D eigenvalue weighted by molar-refractivity contribution is 0.0941. The number of nitrogens with one attached hydrogen (secondary N) is 2. The molecule has 0 bridgehead atoms. The van der Waals surface area contributed by atoms with Crippen molar-refractivity contribution in [3.63, 3.8) is 0 Å². The van der Waals surface area contributed by atoms with Crippen molar-refractivity contribution in [3.8, 4) is 17.2 Å². The van der Waals surface area contributed by atoms with Crippen LogP contribution in [0.4, 0.5) is 5.69 Å². The van der Waals surface area contributed by atoms with Gasteiger partial charge in [-0.3, -0.25) is 9.52 Å². The minimum Gasteiger partial charge on any atom is -0.496 e. The molecule has 0 saturated heterocycles. The van der Waals surface area contributed by atoms with E-state index < -0.39 is 10.0 Å². The van der Waals surface area contributed by atoms with E-state index in [0.29, 0.717) is 42.5 Å². The lowest BCUT2D eigenvalue weighted by Crippen LogP contribution is -2.34. The fraction of sp³-hybridized carbons (Fsp3) is 0.269. The van der Waals surface area contributed by atoms with E-state index in [2.05, 4.69) is 10.0 Å². The van der Waals surface area contributed by atoms with Crippen LogP contribution < -0.4 is 24.2 Å². The maximum Gasteiger partial charge on any atom is 0.262 e. The molecular formula is C26H29N3O6S. The minimum atomic E-state index is -3.85. The summed E-state index contributed by atoms with van der Waals surface area (Å²) < 4.78 is 44.6. The number of methoxy groups -OCH3 is 1. The van der Waals surface area contributed by atoms with Gasteiger partial charge in [0.1, 0.15) is 19.0 Å². The van der Waals surface area contributed by atoms with Gasteiger partial charge >= 0.3 is 0 Å². The maximum atomic E-state index is 12.8. The molecule has 4 rings (SSSR count). The SMILES string of the molecule is COc1ccccc1[C@@H](CNC(=O)c1ccc(NS(=O)(=O)c2ccc3c(c2)OCCO3)cc1)N(C)C. The summed E-state index contributed by atoms with van der Waals surface area (Å²) in [6.07, 6.45) is 0. The Morgan fingerprint density at radius 3 is 2.39 bits per heavy atom. The minimum absolute atomic E-state index is 0.0552. The number of likely N-dealkylation sites (N-methyl/N-ethyl adjacent to an activating group) is 1. The molecule has 10 heteroatoms. The molecule has 0 aromatic heterocycles. The van der Waals surface area contributed by atoms with Crippen molar-refractivity contribution < 1.29 is 27.4 Å². The van der Waals surface area contributed by atoms with Crippen LogP contribution in [0.5, 0.6) is 17.2 Å². The summed E-state index contributed by atoms with van der Waals surface area (Å²) in [5, 5.41) is 2.95. The van der Waals surface area contributed by atoms with Crippen molar-refractivity contribution in [1.82, 2.24) is 10.2 Å². The first-order valence-corrected chi connectivity index (χ1v) is 12.9. The summed E-state index contributed by atoms with van der Waals surface area (Å²) >= 11 is 0. The molecule has 3 aromatic rings. The molecule has 0 aliphatic carbocycles. The Balaban J connectivity index is 1.41. The number of hydrogen-bond donors (Lipinski definition) is 2. The van der Waals surface area contributed by atoms with E-state index >= 15 is 0 Å². The smallest absolute Gasteiger partial charge is 0.262 e. The number of amides is 1. The van der Waals surface area contributed by atoms with Crippen LogP contribution in [0.1, 0.15) is 22.0 Å². The largest absolute Gasteiger partial charge is 0.496 e. The molecule has 1 atom stereocenters. The summed E-state index contributed by atoms with van der Waals surface area (Å²) in [5.74, 6) is 1.39. The fourth-order valence-corrected chi connectivity index (χ4v) is 4.97. The molecule has 0 unspecified atom stereocenters. The van der Waals surface area contributed by atoms with Crippen molar-refractivity contribution in [2.45, 2.75) is 10.9 Å². The van der Waals surface area contributed by atoms with Crippen molar-refractivity contribution in [3.05, 3.63) is 77.9 Å². The zero-order valence-corrected chi connectivity index (χ0v) is 21.2. The average molecular weight is 512 g/mol. The molecule has 36 heavy (non-hydrogen) atoms. The zero-order valence-electron chi connectivity index (χ0n) is 20.4. The number of hydrogen-bond acceptors (Lipinski definition) is 7. The van der Waals surface area contributed by atoms with Crippen LogP contribution in [-0.2, 0) is 10.0 Å². The van der Waals surface area contributed by atoms with E-state index in [1.807, 2.05) is 43.3 Å². The maximum absolute atomic E-state index is 12.8. The highest BCUT2D eigenvalue weighted by atomic mass is 32.2. The summed E-state index contributed by atoms with van der Waals surface area (Å²) in [6.45, 7) is 1.15. The predicted molar refractivity (Wildman–Crippen MR) is 136 cm³/mol. The normalized spacial score (nSPS) is 13.7. The first-order chi connectivity index (χ1) is 17.3. The molecule has 1 amide bonds. The van der Waals surface area contributed by atoms with Gasteiger partial charge in [0.25, 0.3) is 15.9 Å². The monoisotopic (exact) mass is 511 g/mol. The highest BCUT2D eigenvalue weighted by Gasteiger charge is 2.21. The average Bonchev–Trinajstić information content (AvgIpc) is 2.88. The number of anilines is 1. The number of ether oxygens (including phenoxy) is 3.